The first kappa shape index (κ1) is 22.2. The minimum Gasteiger partial charge on any atom is -0.332 e. The summed E-state index contributed by atoms with van der Waals surface area (Å²) >= 11 is 0. The number of halogens is 4. The maximum absolute atomic E-state index is 13.2. The number of amides is 1. The van der Waals surface area contributed by atoms with E-state index in [2.05, 4.69) is 16.7 Å². The third kappa shape index (κ3) is 3.83. The molecule has 1 amide bonds. The van der Waals surface area contributed by atoms with Crippen molar-refractivity contribution in [1.82, 2.24) is 19.7 Å². The van der Waals surface area contributed by atoms with Gasteiger partial charge in [0.2, 0.25) is 0 Å². The average Bonchev–Trinajstić information content (AvgIpc) is 3.04. The molecule has 1 saturated heterocycles. The van der Waals surface area contributed by atoms with Crippen LogP contribution in [0.25, 0.3) is 22.3 Å². The topological polar surface area (TPSA) is 68.1 Å². The van der Waals surface area contributed by atoms with E-state index in [9.17, 15) is 26.9 Å². The molecule has 0 unspecified atom stereocenters. The summed E-state index contributed by atoms with van der Waals surface area (Å²) in [6.45, 7) is 6.54. The lowest BCUT2D eigenvalue weighted by molar-refractivity contribution is -0.137. The maximum Gasteiger partial charge on any atom is 0.416 e. The summed E-state index contributed by atoms with van der Waals surface area (Å²) in [7, 11) is -2.78. The molecule has 1 aliphatic heterocycles. The Balaban J connectivity index is 1.83. The number of nitrogens with zero attached hydrogens (tertiary/aromatic N) is 4. The van der Waals surface area contributed by atoms with E-state index in [0.29, 0.717) is 27.6 Å². The minimum atomic E-state index is -4.47. The molecule has 32 heavy (non-hydrogen) atoms. The standard InChI is InChI=1S/C21H19F4N4O2P/c1-12(22)20(30)28-10-15(11-28)29-19-16(32(2,3)31)8-9-26-18(19)17(27-29)13-4-6-14(7-5-13)21(23,24)25/h4-9,15H,1,10-11H2,2-3H3. The number of rotatable bonds is 4. The van der Waals surface area contributed by atoms with Gasteiger partial charge in [0, 0.05) is 30.2 Å². The highest BCUT2D eigenvalue weighted by molar-refractivity contribution is 7.70. The third-order valence-electron chi connectivity index (χ3n) is 5.36. The molecule has 2 aromatic heterocycles. The number of fused-ring (bicyclic) bond motifs is 1. The number of carbonyl (C=O) groups excluding carboxylic acids is 1. The van der Waals surface area contributed by atoms with E-state index < -0.39 is 30.6 Å². The van der Waals surface area contributed by atoms with Crippen molar-refractivity contribution in [3.05, 3.63) is 54.5 Å². The summed E-state index contributed by atoms with van der Waals surface area (Å²) in [4.78, 5) is 17.4. The number of alkyl halides is 3. The second kappa shape index (κ2) is 7.55. The zero-order chi connectivity index (χ0) is 23.4. The number of likely N-dealkylation sites (tertiary alicyclic amines) is 1. The molecule has 0 radical (unpaired) electrons. The lowest BCUT2D eigenvalue weighted by Crippen LogP contribution is -2.51. The van der Waals surface area contributed by atoms with E-state index in [1.54, 1.807) is 24.1 Å². The Morgan fingerprint density at radius 1 is 1.16 bits per heavy atom. The van der Waals surface area contributed by atoms with Crippen molar-refractivity contribution in [2.45, 2.75) is 12.2 Å². The second-order valence-electron chi connectivity index (χ2n) is 8.02. The van der Waals surface area contributed by atoms with Crippen LogP contribution in [0.3, 0.4) is 0 Å². The molecule has 6 nitrogen and oxygen atoms in total. The van der Waals surface area contributed by atoms with Crippen molar-refractivity contribution in [1.29, 1.82) is 0 Å². The van der Waals surface area contributed by atoms with Crippen molar-refractivity contribution in [3.8, 4) is 11.3 Å². The fourth-order valence-corrected chi connectivity index (χ4v) is 4.85. The van der Waals surface area contributed by atoms with Gasteiger partial charge in [0.1, 0.15) is 18.4 Å². The van der Waals surface area contributed by atoms with Gasteiger partial charge < -0.3 is 9.46 Å². The van der Waals surface area contributed by atoms with Crippen LogP contribution in [-0.2, 0) is 15.5 Å². The largest absolute Gasteiger partial charge is 0.416 e. The number of carbonyl (C=O) groups is 1. The summed E-state index contributed by atoms with van der Waals surface area (Å²) in [6, 6.07) is 5.84. The first-order valence-electron chi connectivity index (χ1n) is 9.62. The molecule has 0 aliphatic carbocycles. The molecule has 11 heteroatoms. The van der Waals surface area contributed by atoms with E-state index in [1.807, 2.05) is 0 Å². The maximum atomic E-state index is 13.2. The lowest BCUT2D eigenvalue weighted by atomic mass is 10.1. The molecule has 1 aliphatic rings. The average molecular weight is 466 g/mol. The van der Waals surface area contributed by atoms with Crippen LogP contribution in [0.4, 0.5) is 17.6 Å². The molecule has 3 heterocycles. The summed E-state index contributed by atoms with van der Waals surface area (Å²) in [6.07, 6.45) is -2.98. The Bertz CT molecular complexity index is 1270. The molecule has 0 bridgehead atoms. The van der Waals surface area contributed by atoms with Crippen LogP contribution in [0.15, 0.2) is 48.9 Å². The fraction of sp³-hybridized carbons (Fsp3) is 0.286. The molecular formula is C21H19F4N4O2P. The summed E-state index contributed by atoms with van der Waals surface area (Å²) in [5.74, 6) is -1.87. The van der Waals surface area contributed by atoms with Gasteiger partial charge in [0.25, 0.3) is 5.91 Å². The van der Waals surface area contributed by atoms with Crippen LogP contribution in [0, 0.1) is 0 Å². The van der Waals surface area contributed by atoms with E-state index in [-0.39, 0.29) is 19.1 Å². The highest BCUT2D eigenvalue weighted by Crippen LogP contribution is 2.40. The van der Waals surface area contributed by atoms with Crippen LogP contribution in [0.1, 0.15) is 11.6 Å². The molecule has 0 atom stereocenters. The Kier molecular flexibility index (Phi) is 5.24. The lowest BCUT2D eigenvalue weighted by Gasteiger charge is -2.39. The molecule has 3 aromatic rings. The Hall–Kier alpha value is -3.00. The smallest absolute Gasteiger partial charge is 0.332 e. The van der Waals surface area contributed by atoms with Crippen LogP contribution in [0.5, 0.6) is 0 Å². The minimum absolute atomic E-state index is 0.164. The van der Waals surface area contributed by atoms with Gasteiger partial charge in [-0.25, -0.2) is 4.39 Å². The summed E-state index contributed by atoms with van der Waals surface area (Å²) in [5, 5.41) is 5.11. The summed E-state index contributed by atoms with van der Waals surface area (Å²) < 4.78 is 66.6. The number of pyridine rings is 1. The van der Waals surface area contributed by atoms with Gasteiger partial charge in [-0.3, -0.25) is 14.5 Å². The normalized spacial score (nSPS) is 15.1. The molecule has 4 rings (SSSR count). The molecule has 168 valence electrons. The van der Waals surface area contributed by atoms with E-state index in [1.165, 1.54) is 23.2 Å². The predicted octanol–water partition coefficient (Wildman–Crippen LogP) is 4.23. The van der Waals surface area contributed by atoms with Crippen LogP contribution < -0.4 is 5.30 Å². The molecular weight excluding hydrogens is 447 g/mol. The van der Waals surface area contributed by atoms with Crippen LogP contribution in [-0.4, -0.2) is 52.0 Å². The fourth-order valence-electron chi connectivity index (χ4n) is 3.71. The zero-order valence-corrected chi connectivity index (χ0v) is 18.1. The van der Waals surface area contributed by atoms with Crippen molar-refractivity contribution >= 4 is 29.4 Å². The van der Waals surface area contributed by atoms with Gasteiger partial charge in [0.05, 0.1) is 17.1 Å². The van der Waals surface area contributed by atoms with E-state index in [0.717, 1.165) is 12.1 Å². The van der Waals surface area contributed by atoms with Gasteiger partial charge in [-0.2, -0.15) is 18.3 Å². The van der Waals surface area contributed by atoms with Gasteiger partial charge in [0.15, 0.2) is 5.83 Å². The molecule has 1 fully saturated rings. The number of hydrogen-bond donors (Lipinski definition) is 0. The molecule has 0 N–H and O–H groups in total. The van der Waals surface area contributed by atoms with Crippen molar-refractivity contribution < 1.29 is 26.9 Å². The number of benzene rings is 1. The molecule has 0 spiro atoms. The van der Waals surface area contributed by atoms with Crippen LogP contribution >= 0.6 is 7.14 Å². The monoisotopic (exact) mass is 466 g/mol. The van der Waals surface area contributed by atoms with Crippen LogP contribution in [0.2, 0.25) is 0 Å². The Labute approximate surface area is 180 Å². The number of aromatic nitrogens is 3. The van der Waals surface area contributed by atoms with Crippen molar-refractivity contribution in [2.75, 3.05) is 26.4 Å². The van der Waals surface area contributed by atoms with E-state index >= 15 is 0 Å². The van der Waals surface area contributed by atoms with Gasteiger partial charge in [-0.15, -0.1) is 0 Å². The first-order valence-corrected chi connectivity index (χ1v) is 12.2. The van der Waals surface area contributed by atoms with Gasteiger partial charge >= 0.3 is 6.18 Å². The van der Waals surface area contributed by atoms with Crippen molar-refractivity contribution in [2.24, 2.45) is 0 Å². The Morgan fingerprint density at radius 3 is 2.31 bits per heavy atom. The number of hydrogen-bond acceptors (Lipinski definition) is 4. The highest BCUT2D eigenvalue weighted by atomic mass is 31.2. The molecule has 1 aromatic carbocycles. The SMILES string of the molecule is C=C(F)C(=O)N1CC(n2nc(-c3ccc(C(F)(F)F)cc3)c3nccc(P(C)(C)=O)c32)C1. The highest BCUT2D eigenvalue weighted by Gasteiger charge is 2.37. The second-order valence-corrected chi connectivity index (χ2v) is 11.2. The quantitative estimate of drug-likeness (QED) is 0.328. The van der Waals surface area contributed by atoms with E-state index in [4.69, 9.17) is 0 Å². The van der Waals surface area contributed by atoms with Crippen molar-refractivity contribution in [3.63, 3.8) is 0 Å². The summed E-state index contributed by atoms with van der Waals surface area (Å²) in [5.41, 5.74) is 0.851. The predicted molar refractivity (Wildman–Crippen MR) is 113 cm³/mol. The Morgan fingerprint density at radius 2 is 1.78 bits per heavy atom. The first-order chi connectivity index (χ1) is 14.9. The third-order valence-corrected chi connectivity index (χ3v) is 6.88. The molecule has 0 saturated carbocycles. The van der Waals surface area contributed by atoms with Gasteiger partial charge in [-0.05, 0) is 31.5 Å². The zero-order valence-electron chi connectivity index (χ0n) is 17.2. The van der Waals surface area contributed by atoms with Gasteiger partial charge in [-0.1, -0.05) is 18.7 Å².